The van der Waals surface area contributed by atoms with Crippen LogP contribution in [-0.2, 0) is 0 Å². The molecule has 0 aromatic carbocycles. The van der Waals surface area contributed by atoms with Crippen molar-refractivity contribution < 1.29 is 5.11 Å². The largest absolute Gasteiger partial charge is 0.395 e. The van der Waals surface area contributed by atoms with Gasteiger partial charge in [0.15, 0.2) is 0 Å². The first-order valence-electron chi connectivity index (χ1n) is 5.11. The molecule has 1 aliphatic rings. The molecule has 0 atom stereocenters. The average Bonchev–Trinajstić information content (AvgIpc) is 2.99. The molecule has 1 aromatic rings. The van der Waals surface area contributed by atoms with Gasteiger partial charge in [-0.15, -0.1) is 0 Å². The molecular weight excluding hydrogens is 176 g/mol. The van der Waals surface area contributed by atoms with E-state index < -0.39 is 0 Å². The van der Waals surface area contributed by atoms with E-state index in [1.54, 1.807) is 0 Å². The van der Waals surface area contributed by atoms with Gasteiger partial charge in [-0.3, -0.25) is 0 Å². The fourth-order valence-corrected chi connectivity index (χ4v) is 1.61. The highest BCUT2D eigenvalue weighted by atomic mass is 16.3. The first-order chi connectivity index (χ1) is 6.81. The van der Waals surface area contributed by atoms with Gasteiger partial charge in [0.2, 0.25) is 0 Å². The van der Waals surface area contributed by atoms with Gasteiger partial charge in [-0.25, -0.2) is 4.98 Å². The van der Waals surface area contributed by atoms with Crippen LogP contribution in [-0.4, -0.2) is 29.3 Å². The lowest BCUT2D eigenvalue weighted by molar-refractivity contribution is 0.301. The Hall–Kier alpha value is -1.09. The Morgan fingerprint density at radius 3 is 2.79 bits per heavy atom. The fourth-order valence-electron chi connectivity index (χ4n) is 1.61. The number of pyridine rings is 1. The summed E-state index contributed by atoms with van der Waals surface area (Å²) in [6.45, 7) is 2.93. The number of rotatable bonds is 4. The molecule has 1 N–H and O–H groups in total. The van der Waals surface area contributed by atoms with Crippen LogP contribution in [0, 0.1) is 6.92 Å². The number of anilines is 1. The van der Waals surface area contributed by atoms with E-state index in [1.165, 1.54) is 18.4 Å². The van der Waals surface area contributed by atoms with Crippen molar-refractivity contribution in [1.82, 2.24) is 4.98 Å². The van der Waals surface area contributed by atoms with Crippen molar-refractivity contribution >= 4 is 5.82 Å². The number of aromatic nitrogens is 1. The quantitative estimate of drug-likeness (QED) is 0.782. The molecule has 3 heteroatoms. The van der Waals surface area contributed by atoms with Gasteiger partial charge in [0, 0.05) is 18.8 Å². The zero-order valence-corrected chi connectivity index (χ0v) is 8.48. The molecule has 0 unspecified atom stereocenters. The average molecular weight is 192 g/mol. The zero-order chi connectivity index (χ0) is 9.97. The van der Waals surface area contributed by atoms with E-state index in [0.717, 1.165) is 5.82 Å². The summed E-state index contributed by atoms with van der Waals surface area (Å²) in [5.74, 6) is 0.993. The van der Waals surface area contributed by atoms with Crippen LogP contribution in [0.25, 0.3) is 0 Å². The number of aliphatic hydroxyl groups excluding tert-OH is 1. The van der Waals surface area contributed by atoms with E-state index in [2.05, 4.69) is 16.0 Å². The number of hydrogen-bond acceptors (Lipinski definition) is 3. The van der Waals surface area contributed by atoms with E-state index in [9.17, 15) is 0 Å². The van der Waals surface area contributed by atoms with Crippen LogP contribution in [0.1, 0.15) is 18.4 Å². The fraction of sp³-hybridized carbons (Fsp3) is 0.545. The number of aryl methyl sites for hydroxylation is 1. The minimum absolute atomic E-state index is 0.200. The van der Waals surface area contributed by atoms with E-state index >= 15 is 0 Å². The molecular formula is C11H16N2O. The smallest absolute Gasteiger partial charge is 0.128 e. The summed E-state index contributed by atoms with van der Waals surface area (Å²) in [7, 11) is 0. The highest BCUT2D eigenvalue weighted by molar-refractivity contribution is 5.41. The molecule has 0 saturated heterocycles. The third-order valence-electron chi connectivity index (χ3n) is 2.52. The van der Waals surface area contributed by atoms with Crippen LogP contribution in [0.5, 0.6) is 0 Å². The summed E-state index contributed by atoms with van der Waals surface area (Å²) < 4.78 is 0. The molecule has 2 rings (SSSR count). The van der Waals surface area contributed by atoms with Gasteiger partial charge in [-0.2, -0.15) is 0 Å². The molecule has 1 aliphatic carbocycles. The van der Waals surface area contributed by atoms with Gasteiger partial charge < -0.3 is 10.0 Å². The Kier molecular flexibility index (Phi) is 2.68. The van der Waals surface area contributed by atoms with Crippen LogP contribution in [0.2, 0.25) is 0 Å². The Morgan fingerprint density at radius 1 is 1.50 bits per heavy atom. The van der Waals surface area contributed by atoms with Crippen molar-refractivity contribution in [3.8, 4) is 0 Å². The van der Waals surface area contributed by atoms with Crippen LogP contribution in [0.15, 0.2) is 18.3 Å². The second-order valence-corrected chi connectivity index (χ2v) is 3.84. The maximum absolute atomic E-state index is 8.96. The molecule has 14 heavy (non-hydrogen) atoms. The third-order valence-corrected chi connectivity index (χ3v) is 2.52. The first kappa shape index (κ1) is 9.46. The van der Waals surface area contributed by atoms with Gasteiger partial charge in [0.05, 0.1) is 6.61 Å². The van der Waals surface area contributed by atoms with Crippen molar-refractivity contribution in [2.24, 2.45) is 0 Å². The molecule has 3 nitrogen and oxygen atoms in total. The Morgan fingerprint density at radius 2 is 2.29 bits per heavy atom. The van der Waals surface area contributed by atoms with Crippen LogP contribution in [0.4, 0.5) is 5.82 Å². The lowest BCUT2D eigenvalue weighted by atomic mass is 10.3. The molecule has 1 heterocycles. The van der Waals surface area contributed by atoms with E-state index in [1.807, 2.05) is 19.2 Å². The molecule has 0 amide bonds. The molecule has 1 fully saturated rings. The summed E-state index contributed by atoms with van der Waals surface area (Å²) in [6, 6.07) is 4.70. The van der Waals surface area contributed by atoms with Crippen LogP contribution >= 0.6 is 0 Å². The second-order valence-electron chi connectivity index (χ2n) is 3.84. The van der Waals surface area contributed by atoms with Gasteiger partial charge in [-0.05, 0) is 31.4 Å². The van der Waals surface area contributed by atoms with Gasteiger partial charge in [-0.1, -0.05) is 6.07 Å². The minimum Gasteiger partial charge on any atom is -0.395 e. The lowest BCUT2D eigenvalue weighted by Crippen LogP contribution is -2.29. The topological polar surface area (TPSA) is 36.4 Å². The standard InChI is InChI=1S/C11H16N2O/c1-9-2-5-11(12-8-9)13(6-7-14)10-3-4-10/h2,5,8,10,14H,3-4,6-7H2,1H3. The summed E-state index contributed by atoms with van der Waals surface area (Å²) in [6.07, 6.45) is 4.34. The summed E-state index contributed by atoms with van der Waals surface area (Å²) in [5.41, 5.74) is 1.17. The maximum atomic E-state index is 8.96. The van der Waals surface area contributed by atoms with Gasteiger partial charge >= 0.3 is 0 Å². The van der Waals surface area contributed by atoms with E-state index in [4.69, 9.17) is 5.11 Å². The Bertz CT molecular complexity index is 293. The summed E-state index contributed by atoms with van der Waals surface area (Å²) in [5, 5.41) is 8.96. The summed E-state index contributed by atoms with van der Waals surface area (Å²) >= 11 is 0. The predicted molar refractivity (Wildman–Crippen MR) is 56.4 cm³/mol. The summed E-state index contributed by atoms with van der Waals surface area (Å²) in [4.78, 5) is 6.57. The SMILES string of the molecule is Cc1ccc(N(CCO)C2CC2)nc1. The Balaban J connectivity index is 2.13. The zero-order valence-electron chi connectivity index (χ0n) is 8.48. The molecule has 0 spiro atoms. The van der Waals surface area contributed by atoms with Crippen molar-refractivity contribution in [1.29, 1.82) is 0 Å². The van der Waals surface area contributed by atoms with E-state index in [-0.39, 0.29) is 6.61 Å². The molecule has 1 aromatic heterocycles. The number of aliphatic hydroxyl groups is 1. The monoisotopic (exact) mass is 192 g/mol. The number of nitrogens with zero attached hydrogens (tertiary/aromatic N) is 2. The van der Waals surface area contributed by atoms with Crippen LogP contribution < -0.4 is 4.90 Å². The van der Waals surface area contributed by atoms with Crippen molar-refractivity contribution in [2.75, 3.05) is 18.1 Å². The lowest BCUT2D eigenvalue weighted by Gasteiger charge is -2.22. The highest BCUT2D eigenvalue weighted by Gasteiger charge is 2.29. The van der Waals surface area contributed by atoms with Crippen molar-refractivity contribution in [3.05, 3.63) is 23.9 Å². The molecule has 0 radical (unpaired) electrons. The van der Waals surface area contributed by atoms with E-state index in [0.29, 0.717) is 12.6 Å². The molecule has 1 saturated carbocycles. The van der Waals surface area contributed by atoms with Crippen molar-refractivity contribution in [2.45, 2.75) is 25.8 Å². The predicted octanol–water partition coefficient (Wildman–Crippen LogP) is 1.35. The normalized spacial score (nSPS) is 15.6. The minimum atomic E-state index is 0.200. The Labute approximate surface area is 84.4 Å². The number of hydrogen-bond donors (Lipinski definition) is 1. The molecule has 0 bridgehead atoms. The van der Waals surface area contributed by atoms with Crippen molar-refractivity contribution in [3.63, 3.8) is 0 Å². The van der Waals surface area contributed by atoms with Gasteiger partial charge in [0.25, 0.3) is 0 Å². The molecule has 0 aliphatic heterocycles. The first-order valence-corrected chi connectivity index (χ1v) is 5.11. The maximum Gasteiger partial charge on any atom is 0.128 e. The molecule has 76 valence electrons. The third kappa shape index (κ3) is 2.04. The second kappa shape index (κ2) is 3.96. The highest BCUT2D eigenvalue weighted by Crippen LogP contribution is 2.30. The van der Waals surface area contributed by atoms with Crippen LogP contribution in [0.3, 0.4) is 0 Å². The van der Waals surface area contributed by atoms with Gasteiger partial charge in [0.1, 0.15) is 5.82 Å².